The summed E-state index contributed by atoms with van der Waals surface area (Å²) in [5.41, 5.74) is 6.73. The molecule has 0 radical (unpaired) electrons. The van der Waals surface area contributed by atoms with Crippen molar-refractivity contribution in [3.63, 3.8) is 0 Å². The molecule has 2 heterocycles. The minimum absolute atomic E-state index is 0.0106. The third kappa shape index (κ3) is 3.78. The monoisotopic (exact) mass is 248 g/mol. The summed E-state index contributed by atoms with van der Waals surface area (Å²) in [5, 5.41) is 2.82. The number of amides is 1. The summed E-state index contributed by atoms with van der Waals surface area (Å²) in [6, 6.07) is 5.89. The molecule has 2 rings (SSSR count). The Morgan fingerprint density at radius 2 is 2.22 bits per heavy atom. The number of aromatic nitrogens is 1. The number of piperidine rings is 1. The molecule has 1 aromatic heterocycles. The highest BCUT2D eigenvalue weighted by molar-refractivity contribution is 5.91. The number of nitrogens with zero attached hydrogens (tertiary/aromatic N) is 2. The number of pyridine rings is 1. The number of hydrogen-bond donors (Lipinski definition) is 2. The fourth-order valence-corrected chi connectivity index (χ4v) is 2.11. The summed E-state index contributed by atoms with van der Waals surface area (Å²) in [7, 11) is 0. The van der Waals surface area contributed by atoms with Gasteiger partial charge in [0.05, 0.1) is 6.54 Å². The van der Waals surface area contributed by atoms with Crippen molar-refractivity contribution in [1.29, 1.82) is 0 Å². The third-order valence-corrected chi connectivity index (χ3v) is 3.16. The average Bonchev–Trinajstić information content (AvgIpc) is 2.32. The van der Waals surface area contributed by atoms with E-state index in [4.69, 9.17) is 5.73 Å². The van der Waals surface area contributed by atoms with Crippen LogP contribution in [-0.2, 0) is 4.79 Å². The number of aryl methyl sites for hydroxylation is 1. The van der Waals surface area contributed by atoms with Crippen LogP contribution < -0.4 is 11.1 Å². The van der Waals surface area contributed by atoms with Crippen LogP contribution in [0.25, 0.3) is 0 Å². The minimum atomic E-state index is -0.0106. The standard InChI is InChI=1S/C13H20N4O/c1-10-3-2-4-12(15-10)16-13(18)9-17-7-5-11(14)6-8-17/h2-4,11H,5-9,14H2,1H3,(H,15,16,18). The third-order valence-electron chi connectivity index (χ3n) is 3.16. The summed E-state index contributed by atoms with van der Waals surface area (Å²) in [5.74, 6) is 0.609. The second-order valence-electron chi connectivity index (χ2n) is 4.83. The first-order chi connectivity index (χ1) is 8.63. The summed E-state index contributed by atoms with van der Waals surface area (Å²) < 4.78 is 0. The molecule has 5 nitrogen and oxygen atoms in total. The van der Waals surface area contributed by atoms with E-state index in [-0.39, 0.29) is 5.91 Å². The fourth-order valence-electron chi connectivity index (χ4n) is 2.11. The highest BCUT2D eigenvalue weighted by atomic mass is 16.2. The van der Waals surface area contributed by atoms with Gasteiger partial charge in [0.1, 0.15) is 5.82 Å². The molecular weight excluding hydrogens is 228 g/mol. The zero-order chi connectivity index (χ0) is 13.0. The fraction of sp³-hybridized carbons (Fsp3) is 0.538. The minimum Gasteiger partial charge on any atom is -0.328 e. The van der Waals surface area contributed by atoms with Gasteiger partial charge < -0.3 is 11.1 Å². The van der Waals surface area contributed by atoms with E-state index in [1.807, 2.05) is 19.1 Å². The zero-order valence-electron chi connectivity index (χ0n) is 10.7. The summed E-state index contributed by atoms with van der Waals surface area (Å²) in [6.45, 7) is 4.12. The predicted molar refractivity (Wildman–Crippen MR) is 71.3 cm³/mol. The molecule has 3 N–H and O–H groups in total. The number of nitrogens with two attached hydrogens (primary N) is 1. The van der Waals surface area contributed by atoms with Gasteiger partial charge in [-0.1, -0.05) is 6.07 Å². The van der Waals surface area contributed by atoms with Crippen molar-refractivity contribution < 1.29 is 4.79 Å². The van der Waals surface area contributed by atoms with Crippen LogP contribution in [0.3, 0.4) is 0 Å². The van der Waals surface area contributed by atoms with Crippen molar-refractivity contribution in [2.24, 2.45) is 5.73 Å². The molecular formula is C13H20N4O. The average molecular weight is 248 g/mol. The number of carbonyl (C=O) groups excluding carboxylic acids is 1. The van der Waals surface area contributed by atoms with Crippen molar-refractivity contribution in [2.45, 2.75) is 25.8 Å². The lowest BCUT2D eigenvalue weighted by molar-refractivity contribution is -0.117. The van der Waals surface area contributed by atoms with Gasteiger partial charge in [0.2, 0.25) is 5.91 Å². The van der Waals surface area contributed by atoms with Crippen molar-refractivity contribution in [1.82, 2.24) is 9.88 Å². The molecule has 0 saturated carbocycles. The van der Waals surface area contributed by atoms with Gasteiger partial charge in [-0.15, -0.1) is 0 Å². The van der Waals surface area contributed by atoms with E-state index in [0.29, 0.717) is 18.4 Å². The quantitative estimate of drug-likeness (QED) is 0.828. The molecule has 1 saturated heterocycles. The molecule has 0 unspecified atom stereocenters. The van der Waals surface area contributed by atoms with Crippen molar-refractivity contribution >= 4 is 11.7 Å². The summed E-state index contributed by atoms with van der Waals surface area (Å²) in [6.07, 6.45) is 1.94. The first-order valence-corrected chi connectivity index (χ1v) is 6.35. The lowest BCUT2D eigenvalue weighted by Crippen LogP contribution is -2.43. The number of hydrogen-bond acceptors (Lipinski definition) is 4. The van der Waals surface area contributed by atoms with E-state index in [1.54, 1.807) is 6.07 Å². The Kier molecular flexibility index (Phi) is 4.28. The number of nitrogens with one attached hydrogen (secondary N) is 1. The van der Waals surface area contributed by atoms with Crippen LogP contribution in [0.5, 0.6) is 0 Å². The SMILES string of the molecule is Cc1cccc(NC(=O)CN2CCC(N)CC2)n1. The number of rotatable bonds is 3. The largest absolute Gasteiger partial charge is 0.328 e. The Morgan fingerprint density at radius 3 is 2.89 bits per heavy atom. The number of carbonyl (C=O) groups is 1. The van der Waals surface area contributed by atoms with E-state index in [9.17, 15) is 4.79 Å². The molecule has 1 amide bonds. The molecule has 18 heavy (non-hydrogen) atoms. The van der Waals surface area contributed by atoms with E-state index in [0.717, 1.165) is 31.6 Å². The second-order valence-corrected chi connectivity index (χ2v) is 4.83. The molecule has 1 fully saturated rings. The van der Waals surface area contributed by atoms with Crippen LogP contribution in [0.2, 0.25) is 0 Å². The maximum Gasteiger partial charge on any atom is 0.239 e. The molecule has 1 aliphatic rings. The molecule has 0 spiro atoms. The van der Waals surface area contributed by atoms with E-state index in [2.05, 4.69) is 15.2 Å². The molecule has 0 aromatic carbocycles. The molecule has 1 aromatic rings. The van der Waals surface area contributed by atoms with Gasteiger partial charge in [-0.05, 0) is 31.9 Å². The lowest BCUT2D eigenvalue weighted by atomic mass is 10.1. The highest BCUT2D eigenvalue weighted by Gasteiger charge is 2.18. The number of likely N-dealkylation sites (tertiary alicyclic amines) is 1. The molecule has 0 bridgehead atoms. The maximum absolute atomic E-state index is 11.8. The topological polar surface area (TPSA) is 71.2 Å². The van der Waals surface area contributed by atoms with Crippen LogP contribution in [0, 0.1) is 6.92 Å². The van der Waals surface area contributed by atoms with E-state index >= 15 is 0 Å². The zero-order valence-corrected chi connectivity index (χ0v) is 10.7. The molecule has 98 valence electrons. The van der Waals surface area contributed by atoms with Gasteiger partial charge >= 0.3 is 0 Å². The number of anilines is 1. The molecule has 0 atom stereocenters. The normalized spacial score (nSPS) is 17.7. The highest BCUT2D eigenvalue weighted by Crippen LogP contribution is 2.08. The van der Waals surface area contributed by atoms with E-state index < -0.39 is 0 Å². The Labute approximate surface area is 107 Å². The van der Waals surface area contributed by atoms with Crippen molar-refractivity contribution in [3.8, 4) is 0 Å². The van der Waals surface area contributed by atoms with Gasteiger partial charge in [0.25, 0.3) is 0 Å². The Morgan fingerprint density at radius 1 is 1.50 bits per heavy atom. The predicted octanol–water partition coefficient (Wildman–Crippen LogP) is 0.752. The van der Waals surface area contributed by atoms with Gasteiger partial charge in [-0.3, -0.25) is 9.69 Å². The lowest BCUT2D eigenvalue weighted by Gasteiger charge is -2.29. The van der Waals surface area contributed by atoms with Crippen molar-refractivity contribution in [3.05, 3.63) is 23.9 Å². The van der Waals surface area contributed by atoms with Gasteiger partial charge in [0.15, 0.2) is 0 Å². The molecule has 0 aliphatic carbocycles. The Hall–Kier alpha value is -1.46. The van der Waals surface area contributed by atoms with Crippen LogP contribution in [0.15, 0.2) is 18.2 Å². The second kappa shape index (κ2) is 5.93. The Bertz CT molecular complexity index is 413. The molecule has 1 aliphatic heterocycles. The Balaban J connectivity index is 1.82. The van der Waals surface area contributed by atoms with Crippen LogP contribution >= 0.6 is 0 Å². The van der Waals surface area contributed by atoms with Gasteiger partial charge in [0, 0.05) is 24.8 Å². The van der Waals surface area contributed by atoms with Crippen molar-refractivity contribution in [2.75, 3.05) is 25.0 Å². The smallest absolute Gasteiger partial charge is 0.239 e. The van der Waals surface area contributed by atoms with Gasteiger partial charge in [-0.2, -0.15) is 0 Å². The van der Waals surface area contributed by atoms with E-state index in [1.165, 1.54) is 0 Å². The van der Waals surface area contributed by atoms with Crippen LogP contribution in [-0.4, -0.2) is 41.5 Å². The molecule has 5 heteroatoms. The summed E-state index contributed by atoms with van der Waals surface area (Å²) >= 11 is 0. The van der Waals surface area contributed by atoms with Crippen LogP contribution in [0.1, 0.15) is 18.5 Å². The first kappa shape index (κ1) is 13.0. The van der Waals surface area contributed by atoms with Crippen LogP contribution in [0.4, 0.5) is 5.82 Å². The van der Waals surface area contributed by atoms with Gasteiger partial charge in [-0.25, -0.2) is 4.98 Å². The maximum atomic E-state index is 11.8. The first-order valence-electron chi connectivity index (χ1n) is 6.35. The summed E-state index contributed by atoms with van der Waals surface area (Å²) in [4.78, 5) is 18.2.